The summed E-state index contributed by atoms with van der Waals surface area (Å²) in [7, 11) is 0. The van der Waals surface area contributed by atoms with Crippen molar-refractivity contribution in [3.05, 3.63) is 77.1 Å². The molecule has 0 aliphatic heterocycles. The van der Waals surface area contributed by atoms with Gasteiger partial charge in [-0.3, -0.25) is 25.4 Å². The lowest BCUT2D eigenvalue weighted by Crippen LogP contribution is -2.30. The van der Waals surface area contributed by atoms with Gasteiger partial charge >= 0.3 is 0 Å². The molecule has 0 saturated heterocycles. The second-order valence-electron chi connectivity index (χ2n) is 6.47. The number of hydrogen-bond donors (Lipinski definition) is 2. The third kappa shape index (κ3) is 4.11. The van der Waals surface area contributed by atoms with Crippen molar-refractivity contribution in [3.8, 4) is 0 Å². The van der Waals surface area contributed by atoms with Crippen LogP contribution in [0, 0.1) is 6.92 Å². The summed E-state index contributed by atoms with van der Waals surface area (Å²) in [6.45, 7) is 1.88. The normalized spacial score (nSPS) is 10.7. The van der Waals surface area contributed by atoms with Gasteiger partial charge in [0.1, 0.15) is 5.69 Å². The van der Waals surface area contributed by atoms with Gasteiger partial charge in [0.25, 0.3) is 5.91 Å². The summed E-state index contributed by atoms with van der Waals surface area (Å²) in [6, 6.07) is 12.3. The molecule has 1 amide bonds. The van der Waals surface area contributed by atoms with E-state index in [1.807, 2.05) is 13.0 Å². The van der Waals surface area contributed by atoms with E-state index >= 15 is 0 Å². The predicted octanol–water partition coefficient (Wildman–Crippen LogP) is 2.82. The predicted molar refractivity (Wildman–Crippen MR) is 111 cm³/mol. The number of imidazole rings is 1. The van der Waals surface area contributed by atoms with E-state index in [0.717, 1.165) is 5.56 Å². The van der Waals surface area contributed by atoms with Crippen LogP contribution >= 0.6 is 11.6 Å². The number of hydrazine groups is 1. The lowest BCUT2D eigenvalue weighted by Gasteiger charge is -2.09. The summed E-state index contributed by atoms with van der Waals surface area (Å²) < 4.78 is 1.55. The zero-order valence-corrected chi connectivity index (χ0v) is 16.6. The minimum absolute atomic E-state index is 0.0179. The van der Waals surface area contributed by atoms with Crippen molar-refractivity contribution < 1.29 is 9.59 Å². The second kappa shape index (κ2) is 8.26. The van der Waals surface area contributed by atoms with Gasteiger partial charge in [-0.2, -0.15) is 9.97 Å². The van der Waals surface area contributed by atoms with E-state index in [0.29, 0.717) is 22.4 Å². The molecule has 0 radical (unpaired) electrons. The number of ketones is 1. The smallest absolute Gasteiger partial charge is 0.269 e. The first kappa shape index (κ1) is 19.5. The molecule has 1 aromatic carbocycles. The fourth-order valence-corrected chi connectivity index (χ4v) is 3.02. The molecule has 0 aliphatic carbocycles. The highest BCUT2D eigenvalue weighted by Gasteiger charge is 2.16. The topological polar surface area (TPSA) is 115 Å². The van der Waals surface area contributed by atoms with Crippen LogP contribution in [0.1, 0.15) is 26.4 Å². The quantitative estimate of drug-likeness (QED) is 0.279. The zero-order chi connectivity index (χ0) is 21.1. The highest BCUT2D eigenvalue weighted by atomic mass is 35.5. The molecule has 9 nitrogen and oxygen atoms in total. The first-order valence-electron chi connectivity index (χ1n) is 8.97. The van der Waals surface area contributed by atoms with E-state index in [-0.39, 0.29) is 29.3 Å². The number of nitrogens with one attached hydrogen (secondary N) is 2. The lowest BCUT2D eigenvalue weighted by atomic mass is 10.1. The number of halogens is 1. The Morgan fingerprint density at radius 3 is 2.73 bits per heavy atom. The molecule has 4 rings (SSSR count). The number of pyridine rings is 1. The van der Waals surface area contributed by atoms with Gasteiger partial charge in [-0.1, -0.05) is 23.8 Å². The molecule has 0 fully saturated rings. The number of carbonyl (C=O) groups is 2. The van der Waals surface area contributed by atoms with Gasteiger partial charge in [-0.05, 0) is 42.8 Å². The Morgan fingerprint density at radius 1 is 1.10 bits per heavy atom. The number of benzene rings is 1. The molecule has 4 aromatic rings. The number of rotatable bonds is 6. The Hall–Kier alpha value is -3.85. The molecule has 150 valence electrons. The number of amides is 1. The highest BCUT2D eigenvalue weighted by Crippen LogP contribution is 2.20. The van der Waals surface area contributed by atoms with Crippen molar-refractivity contribution in [3.63, 3.8) is 0 Å². The van der Waals surface area contributed by atoms with Gasteiger partial charge in [0, 0.05) is 11.8 Å². The number of aromatic nitrogens is 5. The van der Waals surface area contributed by atoms with Crippen molar-refractivity contribution in [1.29, 1.82) is 0 Å². The minimum atomic E-state index is -0.341. The minimum Gasteiger partial charge on any atom is -0.307 e. The molecule has 0 aliphatic rings. The highest BCUT2D eigenvalue weighted by molar-refractivity contribution is 6.28. The van der Waals surface area contributed by atoms with Crippen LogP contribution in [0.15, 0.2) is 55.0 Å². The van der Waals surface area contributed by atoms with E-state index in [9.17, 15) is 9.59 Å². The molecule has 0 unspecified atom stereocenters. The summed E-state index contributed by atoms with van der Waals surface area (Å²) in [6.07, 6.45) is 3.02. The fraction of sp³-hybridized carbons (Fsp3) is 0.100. The molecule has 10 heteroatoms. The maximum atomic E-state index is 12.5. The Morgan fingerprint density at radius 2 is 1.97 bits per heavy atom. The maximum Gasteiger partial charge on any atom is 0.269 e. The Bertz CT molecular complexity index is 1240. The van der Waals surface area contributed by atoms with Crippen LogP contribution in [-0.2, 0) is 6.54 Å². The van der Waals surface area contributed by atoms with Crippen LogP contribution in [0.5, 0.6) is 0 Å². The average molecular weight is 422 g/mol. The van der Waals surface area contributed by atoms with Crippen molar-refractivity contribution in [2.24, 2.45) is 0 Å². The van der Waals surface area contributed by atoms with Crippen LogP contribution in [0.25, 0.3) is 11.2 Å². The first-order chi connectivity index (χ1) is 14.5. The fourth-order valence-electron chi connectivity index (χ4n) is 2.86. The van der Waals surface area contributed by atoms with E-state index < -0.39 is 0 Å². The summed E-state index contributed by atoms with van der Waals surface area (Å²) in [5.74, 6) is -0.326. The first-order valence-corrected chi connectivity index (χ1v) is 9.34. The average Bonchev–Trinajstić information content (AvgIpc) is 3.14. The molecular weight excluding hydrogens is 406 g/mol. The number of hydrogen-bond acceptors (Lipinski definition) is 7. The lowest BCUT2D eigenvalue weighted by molar-refractivity contribution is 0.0957. The van der Waals surface area contributed by atoms with E-state index in [1.165, 1.54) is 6.33 Å². The van der Waals surface area contributed by atoms with Crippen LogP contribution in [0.4, 0.5) is 5.82 Å². The SMILES string of the molecule is Cc1cccc(C(=O)NNc2nc(Cl)nc3c2ncn3CC(=O)c2ccccn2)c1. The van der Waals surface area contributed by atoms with Gasteiger partial charge in [0.05, 0.1) is 12.9 Å². The Kier molecular flexibility index (Phi) is 5.36. The number of aryl methyl sites for hydroxylation is 1. The van der Waals surface area contributed by atoms with Crippen LogP contribution in [0.2, 0.25) is 5.28 Å². The molecule has 0 bridgehead atoms. The molecule has 0 spiro atoms. The van der Waals surface area contributed by atoms with Gasteiger partial charge in [-0.25, -0.2) is 4.98 Å². The molecule has 30 heavy (non-hydrogen) atoms. The van der Waals surface area contributed by atoms with E-state index in [2.05, 4.69) is 30.8 Å². The monoisotopic (exact) mass is 421 g/mol. The number of Topliss-reactive ketones (excluding diaryl/α,β-unsaturated/α-hetero) is 1. The molecule has 3 aromatic heterocycles. The van der Waals surface area contributed by atoms with E-state index in [1.54, 1.807) is 47.2 Å². The Balaban J connectivity index is 1.56. The molecule has 0 atom stereocenters. The molecule has 0 saturated carbocycles. The number of anilines is 1. The number of carbonyl (C=O) groups excluding carboxylic acids is 2. The van der Waals surface area contributed by atoms with Crippen molar-refractivity contribution in [2.45, 2.75) is 13.5 Å². The number of fused-ring (bicyclic) bond motifs is 1. The van der Waals surface area contributed by atoms with Gasteiger partial charge in [0.15, 0.2) is 17.0 Å². The van der Waals surface area contributed by atoms with Crippen LogP contribution in [-0.4, -0.2) is 36.2 Å². The van der Waals surface area contributed by atoms with Crippen molar-refractivity contribution in [1.82, 2.24) is 29.9 Å². The number of nitrogens with zero attached hydrogens (tertiary/aromatic N) is 5. The van der Waals surface area contributed by atoms with E-state index in [4.69, 9.17) is 11.6 Å². The van der Waals surface area contributed by atoms with Gasteiger partial charge < -0.3 is 4.57 Å². The third-order valence-corrected chi connectivity index (χ3v) is 4.44. The summed E-state index contributed by atoms with van der Waals surface area (Å²) >= 11 is 6.05. The van der Waals surface area contributed by atoms with Crippen molar-refractivity contribution in [2.75, 3.05) is 5.43 Å². The maximum absolute atomic E-state index is 12.5. The van der Waals surface area contributed by atoms with Gasteiger partial charge in [-0.15, -0.1) is 0 Å². The molecular formula is C20H16ClN7O2. The standard InChI is InChI=1S/C20H16ClN7O2/c1-12-5-4-6-13(9-12)19(30)27-26-17-16-18(25-20(21)24-17)28(11-23-16)10-15(29)14-7-2-3-8-22-14/h2-9,11H,10H2,1H3,(H,27,30)(H,24,25,26). The van der Waals surface area contributed by atoms with Gasteiger partial charge in [0.2, 0.25) is 11.1 Å². The molecule has 3 heterocycles. The van der Waals surface area contributed by atoms with Crippen LogP contribution < -0.4 is 10.9 Å². The zero-order valence-electron chi connectivity index (χ0n) is 15.8. The molecule has 2 N–H and O–H groups in total. The summed E-state index contributed by atoms with van der Waals surface area (Å²) in [5.41, 5.74) is 7.81. The summed E-state index contributed by atoms with van der Waals surface area (Å²) in [5, 5.41) is -0.0539. The van der Waals surface area contributed by atoms with Crippen molar-refractivity contribution >= 4 is 40.3 Å². The van der Waals surface area contributed by atoms with Crippen LogP contribution in [0.3, 0.4) is 0 Å². The Labute approximate surface area is 176 Å². The third-order valence-electron chi connectivity index (χ3n) is 4.28. The summed E-state index contributed by atoms with van der Waals surface area (Å²) in [4.78, 5) is 41.4. The largest absolute Gasteiger partial charge is 0.307 e. The second-order valence-corrected chi connectivity index (χ2v) is 6.81.